The van der Waals surface area contributed by atoms with Gasteiger partial charge in [0.1, 0.15) is 23.6 Å². The zero-order valence-corrected chi connectivity index (χ0v) is 25.2. The van der Waals surface area contributed by atoms with E-state index in [2.05, 4.69) is 32.3 Å². The Morgan fingerprint density at radius 2 is 1.98 bits per heavy atom. The number of hydrogen-bond donors (Lipinski definition) is 1. The van der Waals surface area contributed by atoms with Gasteiger partial charge in [0.25, 0.3) is 5.91 Å². The Labute approximate surface area is 261 Å². The minimum atomic E-state index is -3.10. The van der Waals surface area contributed by atoms with Crippen LogP contribution < -0.4 is 10.1 Å². The lowest BCUT2D eigenvalue weighted by molar-refractivity contribution is -0.131. The van der Waals surface area contributed by atoms with Gasteiger partial charge in [-0.05, 0) is 36.1 Å². The largest absolute Gasteiger partial charge is 0.434 e. The Morgan fingerprint density at radius 3 is 2.69 bits per heavy atom. The standard InChI is InChI=1S/C30H31ClF2N8O4/c1-30(16-44-17-30)15-38-9-18-11-39(12-19(18)10-38)25(42)14-40-13-23(36-28(43)22-8-35-41-6-2-5-34-27(22)41)26(37-40)21-7-20(31)3-4-24(21)45-29(32)33/h2-8,13,18-19,29H,9-12,14-17H2,1H3,(H,36,43)/t18-,19+. The van der Waals surface area contributed by atoms with E-state index in [-0.39, 0.29) is 51.1 Å². The quantitative estimate of drug-likeness (QED) is 0.295. The van der Waals surface area contributed by atoms with Crippen molar-refractivity contribution in [2.75, 3.05) is 51.3 Å². The van der Waals surface area contributed by atoms with Crippen molar-refractivity contribution in [1.29, 1.82) is 0 Å². The number of carbonyl (C=O) groups is 2. The first kappa shape index (κ1) is 29.6. The number of amides is 2. The molecule has 3 saturated heterocycles. The number of nitrogens with one attached hydrogen (secondary N) is 1. The van der Waals surface area contributed by atoms with Gasteiger partial charge >= 0.3 is 6.61 Å². The maximum Gasteiger partial charge on any atom is 0.387 e. The van der Waals surface area contributed by atoms with Crippen LogP contribution in [0.4, 0.5) is 14.5 Å². The molecule has 3 aromatic heterocycles. The normalized spacial score (nSPS) is 20.9. The number of ether oxygens (including phenoxy) is 2. The van der Waals surface area contributed by atoms with Gasteiger partial charge in [-0.3, -0.25) is 14.3 Å². The molecule has 7 rings (SSSR count). The summed E-state index contributed by atoms with van der Waals surface area (Å²) in [5.41, 5.74) is 1.15. The van der Waals surface area contributed by atoms with Crippen LogP contribution in [0.5, 0.6) is 5.75 Å². The van der Waals surface area contributed by atoms with Gasteiger partial charge < -0.3 is 24.6 Å². The minimum absolute atomic E-state index is 0.106. The Kier molecular flexibility index (Phi) is 7.66. The second-order valence-electron chi connectivity index (χ2n) is 12.3. The van der Waals surface area contributed by atoms with Gasteiger partial charge in [0.2, 0.25) is 5.91 Å². The number of benzene rings is 1. The van der Waals surface area contributed by atoms with Gasteiger partial charge in [-0.1, -0.05) is 18.5 Å². The lowest BCUT2D eigenvalue weighted by atomic mass is 9.88. The number of aromatic nitrogens is 5. The topological polar surface area (TPSA) is 119 Å². The number of rotatable bonds is 9. The van der Waals surface area contributed by atoms with E-state index in [9.17, 15) is 18.4 Å². The molecule has 3 fully saturated rings. The fraction of sp³-hybridized carbons (Fsp3) is 0.433. The molecule has 6 heterocycles. The number of fused-ring (bicyclic) bond motifs is 2. The molecule has 45 heavy (non-hydrogen) atoms. The zero-order valence-electron chi connectivity index (χ0n) is 24.4. The fourth-order valence-corrected chi connectivity index (χ4v) is 6.77. The van der Waals surface area contributed by atoms with Crippen LogP contribution in [0.1, 0.15) is 17.3 Å². The molecule has 4 aromatic rings. The first-order valence-electron chi connectivity index (χ1n) is 14.6. The highest BCUT2D eigenvalue weighted by molar-refractivity contribution is 6.31. The lowest BCUT2D eigenvalue weighted by Crippen LogP contribution is -2.48. The molecule has 3 aliphatic heterocycles. The molecule has 15 heteroatoms. The SMILES string of the molecule is CC1(CN2C[C@@H]3CN(C(=O)Cn4cc(NC(=O)c5cnn6cccnc56)c(-c5cc(Cl)ccc5OC(F)F)n4)C[C@@H]3C2)COC1. The van der Waals surface area contributed by atoms with E-state index in [1.165, 1.54) is 46.0 Å². The first-order valence-corrected chi connectivity index (χ1v) is 15.0. The van der Waals surface area contributed by atoms with Crippen LogP contribution >= 0.6 is 11.6 Å². The van der Waals surface area contributed by atoms with Gasteiger partial charge in [-0.15, -0.1) is 0 Å². The van der Waals surface area contributed by atoms with Gasteiger partial charge in [0.15, 0.2) is 5.65 Å². The third-order valence-corrected chi connectivity index (χ3v) is 8.90. The third-order valence-electron chi connectivity index (χ3n) is 8.66. The molecule has 0 saturated carbocycles. The van der Waals surface area contributed by atoms with Gasteiger partial charge in [-0.25, -0.2) is 9.50 Å². The average Bonchev–Trinajstić information content (AvgIpc) is 3.75. The molecule has 236 valence electrons. The van der Waals surface area contributed by atoms with Crippen molar-refractivity contribution in [1.82, 2.24) is 34.2 Å². The van der Waals surface area contributed by atoms with E-state index in [1.807, 2.05) is 4.90 Å². The Balaban J connectivity index is 1.12. The molecule has 2 amide bonds. The van der Waals surface area contributed by atoms with Crippen LogP contribution in [0.25, 0.3) is 16.9 Å². The summed E-state index contributed by atoms with van der Waals surface area (Å²) in [5.74, 6) is -0.0425. The average molecular weight is 641 g/mol. The smallest absolute Gasteiger partial charge is 0.387 e. The summed E-state index contributed by atoms with van der Waals surface area (Å²) in [7, 11) is 0. The fourth-order valence-electron chi connectivity index (χ4n) is 6.60. The number of anilines is 1. The van der Waals surface area contributed by atoms with E-state index in [1.54, 1.807) is 12.3 Å². The van der Waals surface area contributed by atoms with Crippen molar-refractivity contribution in [3.8, 4) is 17.0 Å². The Bertz CT molecular complexity index is 1740. The summed E-state index contributed by atoms with van der Waals surface area (Å²) in [5, 5.41) is 11.7. The van der Waals surface area contributed by atoms with Crippen molar-refractivity contribution in [3.05, 3.63) is 59.6 Å². The second kappa shape index (κ2) is 11.7. The van der Waals surface area contributed by atoms with Crippen LogP contribution in [0.15, 0.2) is 49.1 Å². The third kappa shape index (κ3) is 5.97. The summed E-state index contributed by atoms with van der Waals surface area (Å²) < 4.78 is 39.6. The molecule has 12 nitrogen and oxygen atoms in total. The molecule has 3 aliphatic rings. The number of hydrogen-bond acceptors (Lipinski definition) is 8. The maximum atomic E-state index is 13.5. The molecule has 0 bridgehead atoms. The predicted molar refractivity (Wildman–Crippen MR) is 159 cm³/mol. The van der Waals surface area contributed by atoms with E-state index in [4.69, 9.17) is 21.1 Å². The van der Waals surface area contributed by atoms with Crippen LogP contribution in [-0.2, 0) is 16.1 Å². The summed E-state index contributed by atoms with van der Waals surface area (Å²) in [6.45, 7) is 4.84. The molecule has 0 spiro atoms. The highest BCUT2D eigenvalue weighted by Gasteiger charge is 2.44. The van der Waals surface area contributed by atoms with Crippen LogP contribution in [0, 0.1) is 17.3 Å². The highest BCUT2D eigenvalue weighted by atomic mass is 35.5. The minimum Gasteiger partial charge on any atom is -0.434 e. The lowest BCUT2D eigenvalue weighted by Gasteiger charge is -2.41. The Hall–Kier alpha value is -4.14. The molecule has 0 radical (unpaired) electrons. The number of halogens is 3. The zero-order chi connectivity index (χ0) is 31.3. The van der Waals surface area contributed by atoms with Crippen molar-refractivity contribution in [3.63, 3.8) is 0 Å². The number of carbonyl (C=O) groups excluding carboxylic acids is 2. The van der Waals surface area contributed by atoms with Crippen LogP contribution in [0.2, 0.25) is 5.02 Å². The summed E-state index contributed by atoms with van der Waals surface area (Å²) in [6.07, 6.45) is 6.07. The van der Waals surface area contributed by atoms with Gasteiger partial charge in [0, 0.05) is 67.3 Å². The van der Waals surface area contributed by atoms with Crippen molar-refractivity contribution in [2.24, 2.45) is 17.3 Å². The molecule has 2 atom stereocenters. The van der Waals surface area contributed by atoms with Gasteiger partial charge in [-0.2, -0.15) is 19.0 Å². The molecule has 1 N–H and O–H groups in total. The van der Waals surface area contributed by atoms with Crippen molar-refractivity contribution < 1.29 is 27.8 Å². The molecular weight excluding hydrogens is 610 g/mol. The summed E-state index contributed by atoms with van der Waals surface area (Å²) >= 11 is 6.23. The van der Waals surface area contributed by atoms with E-state index in [0.29, 0.717) is 30.6 Å². The number of alkyl halides is 2. The number of likely N-dealkylation sites (tertiary alicyclic amines) is 2. The van der Waals surface area contributed by atoms with E-state index < -0.39 is 12.5 Å². The molecule has 1 aromatic carbocycles. The Morgan fingerprint density at radius 1 is 1.20 bits per heavy atom. The van der Waals surface area contributed by atoms with Crippen LogP contribution in [0.3, 0.4) is 0 Å². The number of nitrogens with zero attached hydrogens (tertiary/aromatic N) is 7. The van der Waals surface area contributed by atoms with Crippen LogP contribution in [-0.4, -0.2) is 98.5 Å². The van der Waals surface area contributed by atoms with Crippen molar-refractivity contribution >= 4 is 34.7 Å². The molecule has 0 unspecified atom stereocenters. The van der Waals surface area contributed by atoms with Crippen molar-refractivity contribution in [2.45, 2.75) is 20.1 Å². The summed E-state index contributed by atoms with van der Waals surface area (Å²) in [4.78, 5) is 35.4. The summed E-state index contributed by atoms with van der Waals surface area (Å²) in [6, 6.07) is 5.82. The van der Waals surface area contributed by atoms with Gasteiger partial charge in [0.05, 0.1) is 25.1 Å². The maximum absolute atomic E-state index is 13.5. The second-order valence-corrected chi connectivity index (χ2v) is 12.8. The predicted octanol–water partition coefficient (Wildman–Crippen LogP) is 3.53. The molecular formula is C30H31ClF2N8O4. The van der Waals surface area contributed by atoms with E-state index >= 15 is 0 Å². The van der Waals surface area contributed by atoms with E-state index in [0.717, 1.165) is 32.8 Å². The first-order chi connectivity index (χ1) is 21.6. The monoisotopic (exact) mass is 640 g/mol. The molecule has 0 aliphatic carbocycles. The highest BCUT2D eigenvalue weighted by Crippen LogP contribution is 2.38.